The molecule has 0 atom stereocenters. The second-order valence-electron chi connectivity index (χ2n) is 5.78. The molecule has 1 aromatic rings. The minimum atomic E-state index is -0.251. The summed E-state index contributed by atoms with van der Waals surface area (Å²) in [7, 11) is 1.53. The number of hydrogen-bond donors (Lipinski definition) is 2. The molecule has 0 heterocycles. The lowest BCUT2D eigenvalue weighted by molar-refractivity contribution is 0.0810. The molecule has 2 rings (SSSR count). The minimum Gasteiger partial charge on any atom is -0.497 e. The Morgan fingerprint density at radius 2 is 2.05 bits per heavy atom. The monoisotopic (exact) mass is 281 g/mol. The fourth-order valence-corrected chi connectivity index (χ4v) is 2.95. The number of rotatable bonds is 6. The fraction of sp³-hybridized carbons (Fsp3) is 0.625. The summed E-state index contributed by atoms with van der Waals surface area (Å²) in [5.41, 5.74) is 0.621. The first-order valence-corrected chi connectivity index (χ1v) is 7.33. The fourth-order valence-electron chi connectivity index (χ4n) is 2.95. The average Bonchev–Trinajstić information content (AvgIpc) is 2.50. The second kappa shape index (κ2) is 7.04. The van der Waals surface area contributed by atoms with Crippen LogP contribution in [0.4, 0.5) is 4.39 Å². The third-order valence-corrected chi connectivity index (χ3v) is 4.33. The molecule has 0 saturated heterocycles. The molecule has 1 aromatic carbocycles. The predicted octanol–water partition coefficient (Wildman–Crippen LogP) is 2.87. The van der Waals surface area contributed by atoms with Crippen molar-refractivity contribution in [1.82, 2.24) is 5.32 Å². The van der Waals surface area contributed by atoms with Crippen LogP contribution in [0.5, 0.6) is 5.75 Å². The molecule has 2 N–H and O–H groups in total. The highest BCUT2D eigenvalue weighted by Gasteiger charge is 2.30. The highest BCUT2D eigenvalue weighted by molar-refractivity contribution is 5.28. The summed E-state index contributed by atoms with van der Waals surface area (Å²) >= 11 is 0. The molecule has 0 radical (unpaired) electrons. The Labute approximate surface area is 120 Å². The van der Waals surface area contributed by atoms with E-state index in [4.69, 9.17) is 4.74 Å². The van der Waals surface area contributed by atoms with E-state index in [1.807, 2.05) is 0 Å². The van der Waals surface area contributed by atoms with Gasteiger partial charge in [0, 0.05) is 36.7 Å². The van der Waals surface area contributed by atoms with Gasteiger partial charge in [-0.2, -0.15) is 0 Å². The Morgan fingerprint density at radius 3 is 2.65 bits per heavy atom. The van der Waals surface area contributed by atoms with Gasteiger partial charge in [-0.25, -0.2) is 4.39 Å². The van der Waals surface area contributed by atoms with Crippen molar-refractivity contribution < 1.29 is 14.2 Å². The first-order valence-electron chi connectivity index (χ1n) is 7.33. The zero-order valence-corrected chi connectivity index (χ0v) is 12.1. The standard InChI is InChI=1S/C16H24FNO2/c1-20-14-6-5-13(15(17)9-14)10-18-11-16(12-19)7-3-2-4-8-16/h5-6,9,18-19H,2-4,7-8,10-12H2,1H3. The van der Waals surface area contributed by atoms with Gasteiger partial charge >= 0.3 is 0 Å². The van der Waals surface area contributed by atoms with Crippen molar-refractivity contribution in [3.8, 4) is 5.75 Å². The molecule has 112 valence electrons. The van der Waals surface area contributed by atoms with Gasteiger partial charge in [0.15, 0.2) is 0 Å². The van der Waals surface area contributed by atoms with E-state index in [-0.39, 0.29) is 17.8 Å². The molecule has 1 aliphatic carbocycles. The molecule has 1 saturated carbocycles. The first kappa shape index (κ1) is 15.3. The molecular formula is C16H24FNO2. The van der Waals surface area contributed by atoms with E-state index in [2.05, 4.69) is 5.32 Å². The number of halogens is 1. The molecule has 4 heteroatoms. The topological polar surface area (TPSA) is 41.5 Å². The van der Waals surface area contributed by atoms with Crippen molar-refractivity contribution in [2.45, 2.75) is 38.6 Å². The Hall–Kier alpha value is -1.13. The molecule has 0 amide bonds. The van der Waals surface area contributed by atoms with Crippen molar-refractivity contribution in [2.24, 2.45) is 5.41 Å². The summed E-state index contributed by atoms with van der Waals surface area (Å²) in [6, 6.07) is 4.91. The third kappa shape index (κ3) is 3.70. The number of hydrogen-bond acceptors (Lipinski definition) is 3. The maximum absolute atomic E-state index is 13.8. The normalized spacial score (nSPS) is 17.9. The SMILES string of the molecule is COc1ccc(CNCC2(CO)CCCCC2)c(F)c1. The van der Waals surface area contributed by atoms with E-state index in [9.17, 15) is 9.50 Å². The number of aliphatic hydroxyl groups excluding tert-OH is 1. The van der Waals surface area contributed by atoms with Crippen LogP contribution in [0.1, 0.15) is 37.7 Å². The summed E-state index contributed by atoms with van der Waals surface area (Å²) < 4.78 is 18.8. The third-order valence-electron chi connectivity index (χ3n) is 4.33. The number of ether oxygens (including phenoxy) is 1. The maximum Gasteiger partial charge on any atom is 0.131 e. The summed E-state index contributed by atoms with van der Waals surface area (Å²) in [5.74, 6) is 0.281. The summed E-state index contributed by atoms with van der Waals surface area (Å²) in [5, 5.41) is 12.9. The lowest BCUT2D eigenvalue weighted by Crippen LogP contribution is -2.38. The van der Waals surface area contributed by atoms with E-state index in [0.717, 1.165) is 19.4 Å². The van der Waals surface area contributed by atoms with Crippen molar-refractivity contribution in [2.75, 3.05) is 20.3 Å². The first-order chi connectivity index (χ1) is 9.69. The zero-order valence-electron chi connectivity index (χ0n) is 12.1. The van der Waals surface area contributed by atoms with Crippen molar-refractivity contribution >= 4 is 0 Å². The van der Waals surface area contributed by atoms with Gasteiger partial charge in [-0.3, -0.25) is 0 Å². The van der Waals surface area contributed by atoms with Crippen LogP contribution in [-0.4, -0.2) is 25.4 Å². The van der Waals surface area contributed by atoms with Crippen molar-refractivity contribution in [3.05, 3.63) is 29.6 Å². The van der Waals surface area contributed by atoms with Crippen LogP contribution in [0.25, 0.3) is 0 Å². The second-order valence-corrected chi connectivity index (χ2v) is 5.78. The van der Waals surface area contributed by atoms with Gasteiger partial charge in [0.05, 0.1) is 7.11 Å². The van der Waals surface area contributed by atoms with Crippen LogP contribution < -0.4 is 10.1 Å². The van der Waals surface area contributed by atoms with Crippen molar-refractivity contribution in [3.63, 3.8) is 0 Å². The van der Waals surface area contributed by atoms with Crippen LogP contribution in [0, 0.1) is 11.2 Å². The van der Waals surface area contributed by atoms with E-state index < -0.39 is 0 Å². The van der Waals surface area contributed by atoms with Crippen LogP contribution in [-0.2, 0) is 6.54 Å². The summed E-state index contributed by atoms with van der Waals surface area (Å²) in [6.07, 6.45) is 5.73. The summed E-state index contributed by atoms with van der Waals surface area (Å²) in [6.45, 7) is 1.44. The Balaban J connectivity index is 1.88. The van der Waals surface area contributed by atoms with Gasteiger partial charge in [-0.1, -0.05) is 25.3 Å². The predicted molar refractivity (Wildman–Crippen MR) is 77.3 cm³/mol. The van der Waals surface area contributed by atoms with Gasteiger partial charge in [0.2, 0.25) is 0 Å². The van der Waals surface area contributed by atoms with Crippen LogP contribution in [0.15, 0.2) is 18.2 Å². The van der Waals surface area contributed by atoms with E-state index in [1.54, 1.807) is 12.1 Å². The van der Waals surface area contributed by atoms with Gasteiger partial charge < -0.3 is 15.2 Å². The zero-order chi connectivity index (χ0) is 14.4. The number of aliphatic hydroxyl groups is 1. The highest BCUT2D eigenvalue weighted by atomic mass is 19.1. The molecule has 0 unspecified atom stereocenters. The maximum atomic E-state index is 13.8. The molecule has 0 aromatic heterocycles. The van der Waals surface area contributed by atoms with Crippen molar-refractivity contribution in [1.29, 1.82) is 0 Å². The molecule has 0 spiro atoms. The molecule has 0 aliphatic heterocycles. The van der Waals surface area contributed by atoms with Gasteiger partial charge in [0.1, 0.15) is 11.6 Å². The largest absolute Gasteiger partial charge is 0.497 e. The Morgan fingerprint density at radius 1 is 1.30 bits per heavy atom. The summed E-state index contributed by atoms with van der Waals surface area (Å²) in [4.78, 5) is 0. The van der Waals surface area contributed by atoms with Gasteiger partial charge in [0.25, 0.3) is 0 Å². The van der Waals surface area contributed by atoms with Gasteiger partial charge in [-0.05, 0) is 18.9 Å². The molecular weight excluding hydrogens is 257 g/mol. The van der Waals surface area contributed by atoms with Crippen LogP contribution in [0.2, 0.25) is 0 Å². The molecule has 1 aliphatic rings. The number of benzene rings is 1. The quantitative estimate of drug-likeness (QED) is 0.842. The van der Waals surface area contributed by atoms with E-state index in [0.29, 0.717) is 17.9 Å². The minimum absolute atomic E-state index is 0.0127. The highest BCUT2D eigenvalue weighted by Crippen LogP contribution is 2.35. The van der Waals surface area contributed by atoms with Gasteiger partial charge in [-0.15, -0.1) is 0 Å². The number of nitrogens with one attached hydrogen (secondary N) is 1. The Kier molecular flexibility index (Phi) is 5.38. The van der Waals surface area contributed by atoms with Crippen LogP contribution >= 0.6 is 0 Å². The van der Waals surface area contributed by atoms with E-state index >= 15 is 0 Å². The lowest BCUT2D eigenvalue weighted by atomic mass is 9.74. The lowest BCUT2D eigenvalue weighted by Gasteiger charge is -2.35. The Bertz CT molecular complexity index is 430. The van der Waals surface area contributed by atoms with E-state index in [1.165, 1.54) is 32.4 Å². The molecule has 20 heavy (non-hydrogen) atoms. The molecule has 0 bridgehead atoms. The van der Waals surface area contributed by atoms with Crippen LogP contribution in [0.3, 0.4) is 0 Å². The molecule has 1 fully saturated rings. The number of methoxy groups -OCH3 is 1. The smallest absolute Gasteiger partial charge is 0.131 e. The average molecular weight is 281 g/mol. The molecule has 3 nitrogen and oxygen atoms in total.